The van der Waals surface area contributed by atoms with Gasteiger partial charge in [-0.1, -0.05) is 19.0 Å². The van der Waals surface area contributed by atoms with Crippen LogP contribution in [0.1, 0.15) is 47.4 Å². The number of methoxy groups -OCH3 is 1. The molecule has 1 aromatic carbocycles. The number of benzene rings is 1. The molecule has 27 heavy (non-hydrogen) atoms. The van der Waals surface area contributed by atoms with Crippen LogP contribution in [0.4, 0.5) is 0 Å². The molecule has 140 valence electrons. The molecule has 1 N–H and O–H groups in total. The summed E-state index contributed by atoms with van der Waals surface area (Å²) >= 11 is 0. The molecule has 0 spiro atoms. The fourth-order valence-corrected chi connectivity index (χ4v) is 3.18. The average molecular weight is 366 g/mol. The smallest absolute Gasteiger partial charge is 0.276 e. The number of ether oxygens (including phenoxy) is 1. The van der Waals surface area contributed by atoms with Gasteiger partial charge in [-0.15, -0.1) is 0 Å². The van der Waals surface area contributed by atoms with Crippen LogP contribution < -0.4 is 4.74 Å². The van der Waals surface area contributed by atoms with Crippen LogP contribution in [0.15, 0.2) is 34.9 Å². The Hall–Kier alpha value is -3.09. The molecule has 0 saturated carbocycles. The number of carbonyl (C=O) groups is 1. The number of fused-ring (bicyclic) bond motifs is 1. The minimum atomic E-state index is -0.114. The molecule has 1 amide bonds. The van der Waals surface area contributed by atoms with Crippen LogP contribution in [-0.4, -0.2) is 39.6 Å². The van der Waals surface area contributed by atoms with Crippen LogP contribution in [0.25, 0.3) is 11.4 Å². The number of rotatable bonds is 4. The quantitative estimate of drug-likeness (QED) is 0.765. The fraction of sp³-hybridized carbons (Fsp3) is 0.350. The molecule has 0 radical (unpaired) electrons. The van der Waals surface area contributed by atoms with Gasteiger partial charge in [0.2, 0.25) is 0 Å². The first kappa shape index (κ1) is 17.3. The van der Waals surface area contributed by atoms with E-state index in [4.69, 9.17) is 14.2 Å². The van der Waals surface area contributed by atoms with E-state index in [0.29, 0.717) is 25.2 Å². The highest BCUT2D eigenvalue weighted by Gasteiger charge is 2.27. The van der Waals surface area contributed by atoms with Crippen molar-refractivity contribution < 1.29 is 14.1 Å². The number of amides is 1. The maximum atomic E-state index is 12.7. The lowest BCUT2D eigenvalue weighted by atomic mass is 10.1. The summed E-state index contributed by atoms with van der Waals surface area (Å²) < 4.78 is 10.5. The summed E-state index contributed by atoms with van der Waals surface area (Å²) in [6.45, 7) is 5.12. The van der Waals surface area contributed by atoms with Crippen molar-refractivity contribution in [3.8, 4) is 17.1 Å². The second-order valence-corrected chi connectivity index (χ2v) is 6.99. The molecule has 3 heterocycles. The van der Waals surface area contributed by atoms with Crippen molar-refractivity contribution in [1.29, 1.82) is 0 Å². The Morgan fingerprint density at radius 1 is 1.30 bits per heavy atom. The second kappa shape index (κ2) is 6.90. The highest BCUT2D eigenvalue weighted by atomic mass is 16.5. The Bertz CT molecular complexity index is 956. The van der Waals surface area contributed by atoms with Crippen LogP contribution in [0.5, 0.6) is 5.75 Å². The molecular weight excluding hydrogens is 344 g/mol. The summed E-state index contributed by atoms with van der Waals surface area (Å²) in [5, 5.41) is 3.93. The number of hydrogen-bond donors (Lipinski definition) is 1. The molecule has 7 heteroatoms. The number of H-pyrrole nitrogens is 1. The summed E-state index contributed by atoms with van der Waals surface area (Å²) in [4.78, 5) is 22.6. The van der Waals surface area contributed by atoms with E-state index in [9.17, 15) is 4.79 Å². The van der Waals surface area contributed by atoms with Gasteiger partial charge in [0, 0.05) is 30.5 Å². The van der Waals surface area contributed by atoms with Gasteiger partial charge in [0.05, 0.1) is 25.0 Å². The molecule has 0 saturated heterocycles. The largest absolute Gasteiger partial charge is 0.497 e. The van der Waals surface area contributed by atoms with E-state index in [-0.39, 0.29) is 11.8 Å². The Kier molecular flexibility index (Phi) is 4.43. The fourth-order valence-electron chi connectivity index (χ4n) is 3.18. The zero-order chi connectivity index (χ0) is 19.0. The predicted octanol–water partition coefficient (Wildman–Crippen LogP) is 3.40. The Balaban J connectivity index is 1.52. The zero-order valence-electron chi connectivity index (χ0n) is 15.7. The molecule has 4 rings (SSSR count). The summed E-state index contributed by atoms with van der Waals surface area (Å²) in [5.41, 5.74) is 3.32. The van der Waals surface area contributed by atoms with Gasteiger partial charge in [-0.25, -0.2) is 4.98 Å². The first-order chi connectivity index (χ1) is 13.0. The number of nitrogens with zero attached hydrogens (tertiary/aromatic N) is 3. The third-order valence-electron chi connectivity index (χ3n) is 4.80. The van der Waals surface area contributed by atoms with Crippen molar-refractivity contribution in [3.05, 3.63) is 53.2 Å². The van der Waals surface area contributed by atoms with Crippen LogP contribution in [0.3, 0.4) is 0 Å². The van der Waals surface area contributed by atoms with Crippen molar-refractivity contribution >= 4 is 5.91 Å². The maximum Gasteiger partial charge on any atom is 0.276 e. The first-order valence-electron chi connectivity index (χ1n) is 9.03. The lowest BCUT2D eigenvalue weighted by molar-refractivity contribution is 0.0721. The molecule has 1 aliphatic heterocycles. The van der Waals surface area contributed by atoms with Crippen molar-refractivity contribution in [2.75, 3.05) is 13.7 Å². The number of imidazole rings is 1. The molecule has 1 aliphatic rings. The molecular formula is C20H22N4O3. The van der Waals surface area contributed by atoms with E-state index < -0.39 is 0 Å². The first-order valence-corrected chi connectivity index (χ1v) is 9.03. The Morgan fingerprint density at radius 2 is 2.07 bits per heavy atom. The normalized spacial score (nSPS) is 13.7. The van der Waals surface area contributed by atoms with Gasteiger partial charge in [-0.05, 0) is 24.3 Å². The average Bonchev–Trinajstić information content (AvgIpc) is 3.34. The van der Waals surface area contributed by atoms with E-state index in [1.807, 2.05) is 38.1 Å². The molecule has 0 unspecified atom stereocenters. The van der Waals surface area contributed by atoms with Gasteiger partial charge in [0.1, 0.15) is 17.3 Å². The SMILES string of the molecule is COc1ccc(-c2nc3c([nH]2)CN(C(=O)c2cc(C(C)C)on2)CC3)cc1. The third-order valence-corrected chi connectivity index (χ3v) is 4.80. The van der Waals surface area contributed by atoms with Gasteiger partial charge in [-0.2, -0.15) is 0 Å². The number of aromatic amines is 1. The standard InChI is InChI=1S/C20H22N4O3/c1-12(2)18-10-16(23-27-18)20(25)24-9-8-15-17(11-24)22-19(21-15)13-4-6-14(26-3)7-5-13/h4-7,10,12H,8-9,11H2,1-3H3,(H,21,22). The monoisotopic (exact) mass is 366 g/mol. The minimum Gasteiger partial charge on any atom is -0.497 e. The minimum absolute atomic E-state index is 0.114. The van der Waals surface area contributed by atoms with E-state index in [1.54, 1.807) is 18.1 Å². The lowest BCUT2D eigenvalue weighted by Crippen LogP contribution is -2.36. The van der Waals surface area contributed by atoms with Gasteiger partial charge >= 0.3 is 0 Å². The van der Waals surface area contributed by atoms with Gasteiger partial charge < -0.3 is 19.1 Å². The van der Waals surface area contributed by atoms with Gasteiger partial charge in [-0.3, -0.25) is 4.79 Å². The zero-order valence-corrected chi connectivity index (χ0v) is 15.7. The van der Waals surface area contributed by atoms with E-state index in [0.717, 1.165) is 34.3 Å². The summed E-state index contributed by atoms with van der Waals surface area (Å²) in [6.07, 6.45) is 0.711. The lowest BCUT2D eigenvalue weighted by Gasteiger charge is -2.25. The van der Waals surface area contributed by atoms with Crippen LogP contribution in [0.2, 0.25) is 0 Å². The highest BCUT2D eigenvalue weighted by molar-refractivity contribution is 5.92. The molecule has 0 bridgehead atoms. The Morgan fingerprint density at radius 3 is 2.74 bits per heavy atom. The third kappa shape index (κ3) is 3.32. The molecule has 0 fully saturated rings. The summed E-state index contributed by atoms with van der Waals surface area (Å²) in [5.74, 6) is 2.42. The summed E-state index contributed by atoms with van der Waals surface area (Å²) in [7, 11) is 1.64. The molecule has 7 nitrogen and oxygen atoms in total. The van der Waals surface area contributed by atoms with Crippen LogP contribution >= 0.6 is 0 Å². The summed E-state index contributed by atoms with van der Waals surface area (Å²) in [6, 6.07) is 9.48. The Labute approximate surface area is 157 Å². The van der Waals surface area contributed by atoms with Crippen LogP contribution in [0, 0.1) is 0 Å². The van der Waals surface area contributed by atoms with E-state index >= 15 is 0 Å². The van der Waals surface area contributed by atoms with Crippen molar-refractivity contribution in [1.82, 2.24) is 20.0 Å². The molecule has 0 aliphatic carbocycles. The van der Waals surface area contributed by atoms with E-state index in [2.05, 4.69) is 10.1 Å². The van der Waals surface area contributed by atoms with E-state index in [1.165, 1.54) is 0 Å². The highest BCUT2D eigenvalue weighted by Crippen LogP contribution is 2.25. The van der Waals surface area contributed by atoms with Crippen molar-refractivity contribution in [2.24, 2.45) is 0 Å². The number of nitrogens with one attached hydrogen (secondary N) is 1. The topological polar surface area (TPSA) is 84.2 Å². The number of aromatic nitrogens is 3. The van der Waals surface area contributed by atoms with Crippen molar-refractivity contribution in [3.63, 3.8) is 0 Å². The van der Waals surface area contributed by atoms with Crippen LogP contribution in [-0.2, 0) is 13.0 Å². The maximum absolute atomic E-state index is 12.7. The van der Waals surface area contributed by atoms with Crippen molar-refractivity contribution in [2.45, 2.75) is 32.7 Å². The van der Waals surface area contributed by atoms with Gasteiger partial charge in [0.15, 0.2) is 5.69 Å². The number of hydrogen-bond acceptors (Lipinski definition) is 5. The molecule has 3 aromatic rings. The molecule has 0 atom stereocenters. The molecule has 2 aromatic heterocycles. The second-order valence-electron chi connectivity index (χ2n) is 6.99. The predicted molar refractivity (Wildman–Crippen MR) is 99.6 cm³/mol. The van der Waals surface area contributed by atoms with Gasteiger partial charge in [0.25, 0.3) is 5.91 Å². The number of carbonyl (C=O) groups excluding carboxylic acids is 1.